The SMILES string of the molecule is CNc1nc(OC(C)C)nc(SCCN(C)C)n1. The molecular weight excluding hydrogens is 250 g/mol. The average Bonchev–Trinajstić information content (AvgIpc) is 2.27. The maximum absolute atomic E-state index is 5.50. The zero-order valence-corrected chi connectivity index (χ0v) is 12.4. The van der Waals surface area contributed by atoms with Gasteiger partial charge in [0.1, 0.15) is 0 Å². The smallest absolute Gasteiger partial charge is 0.322 e. The van der Waals surface area contributed by atoms with E-state index in [-0.39, 0.29) is 6.10 Å². The van der Waals surface area contributed by atoms with Gasteiger partial charge in [0, 0.05) is 19.3 Å². The molecule has 0 unspecified atom stereocenters. The average molecular weight is 271 g/mol. The zero-order valence-electron chi connectivity index (χ0n) is 11.6. The normalized spacial score (nSPS) is 11.1. The Bertz CT molecular complexity index is 372. The summed E-state index contributed by atoms with van der Waals surface area (Å²) in [6.07, 6.45) is 0.0525. The van der Waals surface area contributed by atoms with Gasteiger partial charge in [0.25, 0.3) is 0 Å². The van der Waals surface area contributed by atoms with Gasteiger partial charge in [-0.3, -0.25) is 0 Å². The number of hydrogen-bond donors (Lipinski definition) is 1. The lowest BCUT2D eigenvalue weighted by molar-refractivity contribution is 0.219. The van der Waals surface area contributed by atoms with Gasteiger partial charge in [-0.15, -0.1) is 0 Å². The second-order valence-electron chi connectivity index (χ2n) is 4.29. The first-order chi connectivity index (χ1) is 8.51. The van der Waals surface area contributed by atoms with Gasteiger partial charge in [0.2, 0.25) is 5.95 Å². The molecule has 0 atom stereocenters. The molecule has 1 aromatic rings. The van der Waals surface area contributed by atoms with Gasteiger partial charge >= 0.3 is 6.01 Å². The van der Waals surface area contributed by atoms with Gasteiger partial charge in [-0.2, -0.15) is 15.0 Å². The van der Waals surface area contributed by atoms with Gasteiger partial charge in [0.15, 0.2) is 5.16 Å². The maximum atomic E-state index is 5.50. The molecule has 0 aliphatic heterocycles. The van der Waals surface area contributed by atoms with Crippen molar-refractivity contribution in [2.45, 2.75) is 25.1 Å². The summed E-state index contributed by atoms with van der Waals surface area (Å²) in [6, 6.07) is 0.372. The van der Waals surface area contributed by atoms with Gasteiger partial charge in [-0.1, -0.05) is 11.8 Å². The molecule has 7 heteroatoms. The Morgan fingerprint density at radius 2 is 2.00 bits per heavy atom. The lowest BCUT2D eigenvalue weighted by Gasteiger charge is -2.11. The number of hydrogen-bond acceptors (Lipinski definition) is 7. The van der Waals surface area contributed by atoms with Crippen molar-refractivity contribution in [3.05, 3.63) is 0 Å². The third kappa shape index (κ3) is 5.50. The van der Waals surface area contributed by atoms with E-state index in [9.17, 15) is 0 Å². The first kappa shape index (κ1) is 15.0. The predicted octanol–water partition coefficient (Wildman–Crippen LogP) is 1.35. The highest BCUT2D eigenvalue weighted by Gasteiger charge is 2.08. The van der Waals surface area contributed by atoms with E-state index < -0.39 is 0 Å². The molecule has 102 valence electrons. The van der Waals surface area contributed by atoms with E-state index in [1.165, 1.54) is 0 Å². The number of aromatic nitrogens is 3. The van der Waals surface area contributed by atoms with Crippen LogP contribution >= 0.6 is 11.8 Å². The third-order valence-electron chi connectivity index (χ3n) is 1.93. The fraction of sp³-hybridized carbons (Fsp3) is 0.727. The first-order valence-electron chi connectivity index (χ1n) is 5.89. The van der Waals surface area contributed by atoms with Crippen LogP contribution in [0.4, 0.5) is 5.95 Å². The topological polar surface area (TPSA) is 63.2 Å². The lowest BCUT2D eigenvalue weighted by atomic mass is 10.5. The molecule has 0 spiro atoms. The quantitative estimate of drug-likeness (QED) is 0.751. The molecule has 6 nitrogen and oxygen atoms in total. The zero-order chi connectivity index (χ0) is 13.5. The molecule has 1 aromatic heterocycles. The van der Waals surface area contributed by atoms with Crippen molar-refractivity contribution >= 4 is 17.7 Å². The standard InChI is InChI=1S/C11H21N5OS/c1-8(2)17-10-13-9(12-3)14-11(15-10)18-7-6-16(4)5/h8H,6-7H2,1-5H3,(H,12,13,14,15). The Kier molecular flexibility index (Phi) is 6.14. The molecule has 1 N–H and O–H groups in total. The van der Waals surface area contributed by atoms with Crippen LogP contribution in [-0.2, 0) is 0 Å². The van der Waals surface area contributed by atoms with E-state index in [0.29, 0.717) is 17.1 Å². The Morgan fingerprint density at radius 1 is 1.28 bits per heavy atom. The van der Waals surface area contributed by atoms with Gasteiger partial charge in [0.05, 0.1) is 6.10 Å². The Hall–Kier alpha value is -1.08. The summed E-state index contributed by atoms with van der Waals surface area (Å²) >= 11 is 1.60. The summed E-state index contributed by atoms with van der Waals surface area (Å²) in [5.74, 6) is 1.47. The van der Waals surface area contributed by atoms with Crippen LogP contribution in [0.2, 0.25) is 0 Å². The molecule has 0 aliphatic carbocycles. The molecular formula is C11H21N5OS. The minimum atomic E-state index is 0.0525. The summed E-state index contributed by atoms with van der Waals surface area (Å²) in [5, 5.41) is 3.60. The molecule has 0 radical (unpaired) electrons. The largest absolute Gasteiger partial charge is 0.461 e. The molecule has 1 rings (SSSR count). The van der Waals surface area contributed by atoms with Gasteiger partial charge in [-0.05, 0) is 27.9 Å². The summed E-state index contributed by atoms with van der Waals surface area (Å²) < 4.78 is 5.50. The van der Waals surface area contributed by atoms with Crippen molar-refractivity contribution < 1.29 is 4.74 Å². The fourth-order valence-electron chi connectivity index (χ4n) is 1.10. The Morgan fingerprint density at radius 3 is 2.56 bits per heavy atom. The summed E-state index contributed by atoms with van der Waals surface area (Å²) in [6.45, 7) is 4.87. The van der Waals surface area contributed by atoms with Gasteiger partial charge in [-0.25, -0.2) is 0 Å². The summed E-state index contributed by atoms with van der Waals surface area (Å²) in [4.78, 5) is 14.8. The maximum Gasteiger partial charge on any atom is 0.322 e. The summed E-state index contributed by atoms with van der Waals surface area (Å²) in [7, 11) is 5.86. The van der Waals surface area contributed by atoms with E-state index in [0.717, 1.165) is 12.3 Å². The van der Waals surface area contributed by atoms with E-state index in [4.69, 9.17) is 4.74 Å². The van der Waals surface area contributed by atoms with Crippen molar-refractivity contribution in [2.75, 3.05) is 38.8 Å². The minimum Gasteiger partial charge on any atom is -0.461 e. The van der Waals surface area contributed by atoms with Crippen molar-refractivity contribution in [1.29, 1.82) is 0 Å². The highest BCUT2D eigenvalue weighted by atomic mass is 32.2. The van der Waals surface area contributed by atoms with Crippen LogP contribution in [0.5, 0.6) is 6.01 Å². The molecule has 18 heavy (non-hydrogen) atoms. The van der Waals surface area contributed by atoms with Crippen LogP contribution in [-0.4, -0.2) is 59.4 Å². The molecule has 0 fully saturated rings. The highest BCUT2D eigenvalue weighted by molar-refractivity contribution is 7.99. The number of rotatable bonds is 7. The van der Waals surface area contributed by atoms with Crippen LogP contribution in [0.3, 0.4) is 0 Å². The van der Waals surface area contributed by atoms with Crippen molar-refractivity contribution in [3.8, 4) is 6.01 Å². The van der Waals surface area contributed by atoms with E-state index in [1.54, 1.807) is 18.8 Å². The number of nitrogens with one attached hydrogen (secondary N) is 1. The fourth-order valence-corrected chi connectivity index (χ4v) is 2.03. The predicted molar refractivity (Wildman–Crippen MR) is 74.4 cm³/mol. The Labute approximate surface area is 113 Å². The minimum absolute atomic E-state index is 0.0525. The van der Waals surface area contributed by atoms with Crippen molar-refractivity contribution in [3.63, 3.8) is 0 Å². The third-order valence-corrected chi connectivity index (χ3v) is 2.76. The van der Waals surface area contributed by atoms with E-state index in [2.05, 4.69) is 25.2 Å². The highest BCUT2D eigenvalue weighted by Crippen LogP contribution is 2.17. The lowest BCUT2D eigenvalue weighted by Crippen LogP contribution is -2.15. The van der Waals surface area contributed by atoms with Crippen LogP contribution in [0.1, 0.15) is 13.8 Å². The second kappa shape index (κ2) is 7.38. The second-order valence-corrected chi connectivity index (χ2v) is 5.35. The van der Waals surface area contributed by atoms with Crippen LogP contribution in [0.25, 0.3) is 0 Å². The molecule has 0 aliphatic rings. The number of anilines is 1. The summed E-state index contributed by atoms with van der Waals surface area (Å²) in [5.41, 5.74) is 0. The monoisotopic (exact) mass is 271 g/mol. The van der Waals surface area contributed by atoms with Gasteiger partial charge < -0.3 is 15.0 Å². The van der Waals surface area contributed by atoms with Crippen LogP contribution < -0.4 is 10.1 Å². The van der Waals surface area contributed by atoms with Crippen molar-refractivity contribution in [1.82, 2.24) is 19.9 Å². The molecule has 0 amide bonds. The first-order valence-corrected chi connectivity index (χ1v) is 6.88. The molecule has 0 aromatic carbocycles. The van der Waals surface area contributed by atoms with Crippen molar-refractivity contribution in [2.24, 2.45) is 0 Å². The molecule has 0 saturated carbocycles. The molecule has 0 bridgehead atoms. The number of thioether (sulfide) groups is 1. The molecule has 0 saturated heterocycles. The van der Waals surface area contributed by atoms with E-state index in [1.807, 2.05) is 27.9 Å². The number of ether oxygens (including phenoxy) is 1. The number of nitrogens with zero attached hydrogens (tertiary/aromatic N) is 4. The van der Waals surface area contributed by atoms with Crippen LogP contribution in [0, 0.1) is 0 Å². The van der Waals surface area contributed by atoms with Crippen LogP contribution in [0.15, 0.2) is 5.16 Å². The molecule has 1 heterocycles. The van der Waals surface area contributed by atoms with E-state index >= 15 is 0 Å². The Balaban J connectivity index is 2.70.